The average molecular weight is 394 g/mol. The summed E-state index contributed by atoms with van der Waals surface area (Å²) in [5, 5.41) is 3.09. The molecule has 7 heteroatoms. The van der Waals surface area contributed by atoms with E-state index in [0.717, 1.165) is 31.2 Å². The van der Waals surface area contributed by atoms with E-state index in [2.05, 4.69) is 10.3 Å². The number of rotatable bonds is 4. The molecule has 1 aliphatic carbocycles. The number of amides is 1. The van der Waals surface area contributed by atoms with Gasteiger partial charge in [-0.15, -0.1) is 0 Å². The molecule has 0 unspecified atom stereocenters. The monoisotopic (exact) mass is 394 g/mol. The minimum atomic E-state index is -0.513. The molecule has 3 aromatic rings. The van der Waals surface area contributed by atoms with Crippen LogP contribution in [0.1, 0.15) is 54.4 Å². The van der Waals surface area contributed by atoms with Crippen molar-refractivity contribution in [1.82, 2.24) is 19.4 Å². The van der Waals surface area contributed by atoms with E-state index in [4.69, 9.17) is 0 Å². The fourth-order valence-corrected chi connectivity index (χ4v) is 4.17. The number of nitrogens with zero attached hydrogens (tertiary/aromatic N) is 2. The first-order chi connectivity index (χ1) is 14.0. The molecule has 0 bridgehead atoms. The molecule has 1 amide bonds. The van der Waals surface area contributed by atoms with Gasteiger partial charge in [-0.05, 0) is 18.4 Å². The van der Waals surface area contributed by atoms with E-state index in [1.54, 1.807) is 17.8 Å². The zero-order chi connectivity index (χ0) is 20.4. The molecule has 1 aromatic carbocycles. The standard InChI is InChI=1S/C22H26N4O3/c1-25-14-17(20(27)23-16-11-7-2-3-8-12-16)18-19(25)21(28)26(22(29)24-18)13-15-9-5-4-6-10-15/h4-6,9-10,14,16H,2-3,7-8,11-13H2,1H3,(H,23,27)(H,24,29). The number of carbonyl (C=O) groups is 1. The van der Waals surface area contributed by atoms with Crippen LogP contribution in [0.4, 0.5) is 0 Å². The van der Waals surface area contributed by atoms with Crippen molar-refractivity contribution in [2.24, 2.45) is 7.05 Å². The van der Waals surface area contributed by atoms with Gasteiger partial charge in [0, 0.05) is 19.3 Å². The Morgan fingerprint density at radius 2 is 1.79 bits per heavy atom. The maximum absolute atomic E-state index is 13.0. The van der Waals surface area contributed by atoms with Gasteiger partial charge in [-0.2, -0.15) is 0 Å². The normalized spacial score (nSPS) is 15.3. The number of nitrogens with one attached hydrogen (secondary N) is 2. The summed E-state index contributed by atoms with van der Waals surface area (Å²) >= 11 is 0. The maximum atomic E-state index is 13.0. The molecule has 0 aliphatic heterocycles. The molecule has 4 rings (SSSR count). The van der Waals surface area contributed by atoms with Crippen LogP contribution in [0.3, 0.4) is 0 Å². The summed E-state index contributed by atoms with van der Waals surface area (Å²) in [6.45, 7) is 0.180. The number of benzene rings is 1. The first kappa shape index (κ1) is 19.2. The van der Waals surface area contributed by atoms with E-state index in [-0.39, 0.29) is 18.5 Å². The third-order valence-corrected chi connectivity index (χ3v) is 5.72. The lowest BCUT2D eigenvalue weighted by Gasteiger charge is -2.15. The van der Waals surface area contributed by atoms with Crippen molar-refractivity contribution in [2.75, 3.05) is 0 Å². The number of hydrogen-bond donors (Lipinski definition) is 2. The van der Waals surface area contributed by atoms with Crippen LogP contribution in [-0.2, 0) is 13.6 Å². The summed E-state index contributed by atoms with van der Waals surface area (Å²) in [5.41, 5.74) is 0.918. The van der Waals surface area contributed by atoms with Crippen molar-refractivity contribution >= 4 is 16.9 Å². The van der Waals surface area contributed by atoms with Gasteiger partial charge < -0.3 is 14.9 Å². The van der Waals surface area contributed by atoms with E-state index in [1.807, 2.05) is 30.3 Å². The Bertz CT molecular complexity index is 1130. The second kappa shape index (κ2) is 8.11. The molecule has 0 radical (unpaired) electrons. The summed E-state index contributed by atoms with van der Waals surface area (Å²) in [4.78, 5) is 41.3. The van der Waals surface area contributed by atoms with Gasteiger partial charge >= 0.3 is 5.69 Å². The van der Waals surface area contributed by atoms with Crippen molar-refractivity contribution in [3.8, 4) is 0 Å². The van der Waals surface area contributed by atoms with E-state index in [9.17, 15) is 14.4 Å². The number of hydrogen-bond acceptors (Lipinski definition) is 3. The highest BCUT2D eigenvalue weighted by molar-refractivity contribution is 6.05. The summed E-state index contributed by atoms with van der Waals surface area (Å²) in [6, 6.07) is 9.50. The number of fused-ring (bicyclic) bond motifs is 1. The zero-order valence-electron chi connectivity index (χ0n) is 16.6. The number of aromatic nitrogens is 3. The first-order valence-corrected chi connectivity index (χ1v) is 10.2. The molecule has 152 valence electrons. The second-order valence-electron chi connectivity index (χ2n) is 7.85. The Kier molecular flexibility index (Phi) is 5.38. The highest BCUT2D eigenvalue weighted by Crippen LogP contribution is 2.19. The summed E-state index contributed by atoms with van der Waals surface area (Å²) in [7, 11) is 1.72. The topological polar surface area (TPSA) is 88.9 Å². The Labute approximate surface area is 168 Å². The third kappa shape index (κ3) is 3.90. The molecular weight excluding hydrogens is 368 g/mol. The minimum Gasteiger partial charge on any atom is -0.349 e. The first-order valence-electron chi connectivity index (χ1n) is 10.2. The molecule has 7 nitrogen and oxygen atoms in total. The largest absolute Gasteiger partial charge is 0.349 e. The molecular formula is C22H26N4O3. The Morgan fingerprint density at radius 1 is 1.10 bits per heavy atom. The van der Waals surface area contributed by atoms with Crippen LogP contribution in [-0.4, -0.2) is 26.1 Å². The lowest BCUT2D eigenvalue weighted by molar-refractivity contribution is 0.0934. The van der Waals surface area contributed by atoms with Gasteiger partial charge in [-0.3, -0.25) is 14.2 Å². The molecule has 2 heterocycles. The van der Waals surface area contributed by atoms with Crippen molar-refractivity contribution in [1.29, 1.82) is 0 Å². The van der Waals surface area contributed by atoms with Crippen LogP contribution in [0.15, 0.2) is 46.1 Å². The van der Waals surface area contributed by atoms with E-state index < -0.39 is 11.2 Å². The van der Waals surface area contributed by atoms with Gasteiger partial charge in [-0.1, -0.05) is 56.0 Å². The number of carbonyl (C=O) groups excluding carboxylic acids is 1. The van der Waals surface area contributed by atoms with Gasteiger partial charge in [0.05, 0.1) is 17.6 Å². The van der Waals surface area contributed by atoms with Crippen molar-refractivity contribution in [2.45, 2.75) is 51.1 Å². The molecule has 1 saturated carbocycles. The van der Waals surface area contributed by atoms with Crippen molar-refractivity contribution in [3.63, 3.8) is 0 Å². The fourth-order valence-electron chi connectivity index (χ4n) is 4.17. The predicted molar refractivity (Wildman–Crippen MR) is 112 cm³/mol. The van der Waals surface area contributed by atoms with Crippen LogP contribution < -0.4 is 16.6 Å². The smallest absolute Gasteiger partial charge is 0.329 e. The SMILES string of the molecule is Cn1cc(C(=O)NC2CCCCCC2)c2[nH]c(=O)n(Cc3ccccc3)c(=O)c21. The molecule has 2 aromatic heterocycles. The van der Waals surface area contributed by atoms with E-state index >= 15 is 0 Å². The quantitative estimate of drug-likeness (QED) is 0.667. The lowest BCUT2D eigenvalue weighted by atomic mass is 10.1. The number of aromatic amines is 1. The summed E-state index contributed by atoms with van der Waals surface area (Å²) < 4.78 is 2.79. The van der Waals surface area contributed by atoms with Crippen LogP contribution in [0.5, 0.6) is 0 Å². The Balaban J connectivity index is 1.69. The lowest BCUT2D eigenvalue weighted by Crippen LogP contribution is -2.37. The second-order valence-corrected chi connectivity index (χ2v) is 7.85. The highest BCUT2D eigenvalue weighted by Gasteiger charge is 2.22. The number of H-pyrrole nitrogens is 1. The van der Waals surface area contributed by atoms with Crippen LogP contribution in [0.25, 0.3) is 11.0 Å². The van der Waals surface area contributed by atoms with Gasteiger partial charge in [-0.25, -0.2) is 4.79 Å². The third-order valence-electron chi connectivity index (χ3n) is 5.72. The van der Waals surface area contributed by atoms with E-state index in [0.29, 0.717) is 16.6 Å². The van der Waals surface area contributed by atoms with Gasteiger partial charge in [0.1, 0.15) is 5.52 Å². The molecule has 0 saturated heterocycles. The molecule has 0 spiro atoms. The average Bonchev–Trinajstić information content (AvgIpc) is 2.87. The van der Waals surface area contributed by atoms with Crippen LogP contribution >= 0.6 is 0 Å². The summed E-state index contributed by atoms with van der Waals surface area (Å²) in [6.07, 6.45) is 8.20. The van der Waals surface area contributed by atoms with Crippen LogP contribution in [0, 0.1) is 0 Å². The molecule has 1 fully saturated rings. The van der Waals surface area contributed by atoms with Crippen LogP contribution in [0.2, 0.25) is 0 Å². The molecule has 29 heavy (non-hydrogen) atoms. The fraction of sp³-hybridized carbons (Fsp3) is 0.409. The summed E-state index contributed by atoms with van der Waals surface area (Å²) in [5.74, 6) is -0.238. The molecule has 0 atom stereocenters. The minimum absolute atomic E-state index is 0.144. The van der Waals surface area contributed by atoms with Crippen molar-refractivity contribution < 1.29 is 4.79 Å². The van der Waals surface area contributed by atoms with Gasteiger partial charge in [0.15, 0.2) is 0 Å². The maximum Gasteiger partial charge on any atom is 0.329 e. The van der Waals surface area contributed by atoms with Gasteiger partial charge in [0.25, 0.3) is 11.5 Å². The number of aryl methyl sites for hydroxylation is 1. The Hall–Kier alpha value is -3.09. The molecule has 1 aliphatic rings. The van der Waals surface area contributed by atoms with E-state index in [1.165, 1.54) is 17.4 Å². The Morgan fingerprint density at radius 3 is 2.48 bits per heavy atom. The zero-order valence-corrected chi connectivity index (χ0v) is 16.6. The van der Waals surface area contributed by atoms with Crippen molar-refractivity contribution in [3.05, 3.63) is 68.5 Å². The predicted octanol–water partition coefficient (Wildman–Crippen LogP) is 2.53. The molecule has 2 N–H and O–H groups in total. The van der Waals surface area contributed by atoms with Gasteiger partial charge in [0.2, 0.25) is 0 Å². The highest BCUT2D eigenvalue weighted by atomic mass is 16.2.